The lowest BCUT2D eigenvalue weighted by Crippen LogP contribution is -2.21. The normalized spacial score (nSPS) is 10.7. The molecule has 0 aliphatic carbocycles. The van der Waals surface area contributed by atoms with Crippen LogP contribution in [-0.4, -0.2) is 45.3 Å². The van der Waals surface area contributed by atoms with Crippen molar-refractivity contribution < 1.29 is 14.3 Å². The van der Waals surface area contributed by atoms with Crippen molar-refractivity contribution in [3.63, 3.8) is 0 Å². The van der Waals surface area contributed by atoms with Gasteiger partial charge in [-0.2, -0.15) is 0 Å². The number of hydrogen-bond donors (Lipinski definition) is 1. The molecular formula is C13H27NO3. The van der Waals surface area contributed by atoms with Crippen LogP contribution in [0.25, 0.3) is 0 Å². The topological polar surface area (TPSA) is 47.6 Å². The van der Waals surface area contributed by atoms with Crippen molar-refractivity contribution in [3.05, 3.63) is 0 Å². The van der Waals surface area contributed by atoms with Crippen LogP contribution in [0.5, 0.6) is 0 Å². The fraction of sp³-hybridized carbons (Fsp3) is 0.923. The van der Waals surface area contributed by atoms with Crippen LogP contribution in [0, 0.1) is 0 Å². The first-order valence-corrected chi connectivity index (χ1v) is 6.69. The fourth-order valence-corrected chi connectivity index (χ4v) is 1.30. The number of unbranched alkanes of at least 4 members (excludes halogenated alkanes) is 1. The highest BCUT2D eigenvalue weighted by molar-refractivity contribution is 5.79. The smallest absolute Gasteiger partial charge is 0.158 e. The maximum atomic E-state index is 11.2. The van der Waals surface area contributed by atoms with E-state index in [1.54, 1.807) is 0 Å². The molecule has 0 aromatic heterocycles. The first-order chi connectivity index (χ1) is 8.31. The molecule has 0 atom stereocenters. The molecule has 0 spiro atoms. The molecule has 1 N–H and O–H groups in total. The molecule has 0 aromatic carbocycles. The van der Waals surface area contributed by atoms with E-state index < -0.39 is 0 Å². The van der Waals surface area contributed by atoms with E-state index in [0.29, 0.717) is 26.2 Å². The van der Waals surface area contributed by atoms with E-state index in [9.17, 15) is 4.79 Å². The summed E-state index contributed by atoms with van der Waals surface area (Å²) in [6.07, 6.45) is 3.79. The van der Waals surface area contributed by atoms with Crippen LogP contribution in [-0.2, 0) is 14.3 Å². The monoisotopic (exact) mass is 245 g/mol. The van der Waals surface area contributed by atoms with E-state index >= 15 is 0 Å². The van der Waals surface area contributed by atoms with E-state index in [0.717, 1.165) is 32.4 Å². The minimum absolute atomic E-state index is 0.191. The van der Waals surface area contributed by atoms with E-state index in [2.05, 4.69) is 19.2 Å². The zero-order valence-corrected chi connectivity index (χ0v) is 11.3. The Labute approximate surface area is 105 Å². The van der Waals surface area contributed by atoms with Gasteiger partial charge in [-0.1, -0.05) is 20.3 Å². The van der Waals surface area contributed by atoms with Crippen LogP contribution < -0.4 is 5.32 Å². The number of carbonyl (C=O) groups is 1. The van der Waals surface area contributed by atoms with Gasteiger partial charge in [0, 0.05) is 13.0 Å². The molecule has 0 radical (unpaired) electrons. The number of ketones is 1. The van der Waals surface area contributed by atoms with Crippen molar-refractivity contribution in [1.29, 1.82) is 0 Å². The average molecular weight is 245 g/mol. The SMILES string of the molecule is CCCCC(=O)COCCOCCNCCC. The highest BCUT2D eigenvalue weighted by atomic mass is 16.5. The summed E-state index contributed by atoms with van der Waals surface area (Å²) in [5, 5.41) is 3.25. The van der Waals surface area contributed by atoms with Gasteiger partial charge in [0.2, 0.25) is 0 Å². The maximum Gasteiger partial charge on any atom is 0.158 e. The predicted molar refractivity (Wildman–Crippen MR) is 69.3 cm³/mol. The van der Waals surface area contributed by atoms with Gasteiger partial charge in [-0.05, 0) is 19.4 Å². The minimum Gasteiger partial charge on any atom is -0.378 e. The molecule has 0 aliphatic heterocycles. The number of ether oxygens (including phenoxy) is 2. The third-order valence-corrected chi connectivity index (χ3v) is 2.29. The quantitative estimate of drug-likeness (QED) is 0.502. The lowest BCUT2D eigenvalue weighted by atomic mass is 10.2. The lowest BCUT2D eigenvalue weighted by Gasteiger charge is -2.06. The fourth-order valence-electron chi connectivity index (χ4n) is 1.30. The molecule has 0 aliphatic rings. The Bertz CT molecular complexity index is 174. The largest absolute Gasteiger partial charge is 0.378 e. The van der Waals surface area contributed by atoms with Gasteiger partial charge >= 0.3 is 0 Å². The summed E-state index contributed by atoms with van der Waals surface area (Å²) in [4.78, 5) is 11.2. The second-order valence-corrected chi connectivity index (χ2v) is 4.06. The second-order valence-electron chi connectivity index (χ2n) is 4.06. The van der Waals surface area contributed by atoms with Crippen LogP contribution in [0.4, 0.5) is 0 Å². The number of hydrogen-bond acceptors (Lipinski definition) is 4. The second kappa shape index (κ2) is 13.6. The van der Waals surface area contributed by atoms with Crippen LogP contribution >= 0.6 is 0 Å². The third kappa shape index (κ3) is 13.5. The van der Waals surface area contributed by atoms with Crippen LogP contribution in [0.15, 0.2) is 0 Å². The van der Waals surface area contributed by atoms with Gasteiger partial charge in [-0.15, -0.1) is 0 Å². The molecule has 102 valence electrons. The first-order valence-electron chi connectivity index (χ1n) is 6.69. The standard InChI is InChI=1S/C13H27NO3/c1-3-5-6-13(15)12-17-11-10-16-9-8-14-7-4-2/h14H,3-12H2,1-2H3. The third-order valence-electron chi connectivity index (χ3n) is 2.29. The van der Waals surface area contributed by atoms with Crippen LogP contribution in [0.3, 0.4) is 0 Å². The van der Waals surface area contributed by atoms with Gasteiger partial charge in [0.05, 0.1) is 19.8 Å². The molecule has 0 saturated carbocycles. The highest BCUT2D eigenvalue weighted by Crippen LogP contribution is 1.95. The summed E-state index contributed by atoms with van der Waals surface area (Å²) in [6, 6.07) is 0. The van der Waals surface area contributed by atoms with Crippen molar-refractivity contribution >= 4 is 5.78 Å². The molecule has 0 unspecified atom stereocenters. The summed E-state index contributed by atoms with van der Waals surface area (Å²) < 4.78 is 10.6. The number of carbonyl (C=O) groups excluding carboxylic acids is 1. The predicted octanol–water partition coefficient (Wildman–Crippen LogP) is 1.78. The maximum absolute atomic E-state index is 11.2. The van der Waals surface area contributed by atoms with Crippen molar-refractivity contribution in [2.75, 3.05) is 39.5 Å². The van der Waals surface area contributed by atoms with Gasteiger partial charge in [0.1, 0.15) is 6.61 Å². The van der Waals surface area contributed by atoms with E-state index in [1.165, 1.54) is 0 Å². The Morgan fingerprint density at radius 3 is 2.47 bits per heavy atom. The van der Waals surface area contributed by atoms with Gasteiger partial charge in [0.15, 0.2) is 5.78 Å². The van der Waals surface area contributed by atoms with E-state index in [1.807, 2.05) is 0 Å². The van der Waals surface area contributed by atoms with Crippen molar-refractivity contribution in [3.8, 4) is 0 Å². The lowest BCUT2D eigenvalue weighted by molar-refractivity contribution is -0.124. The molecule has 0 saturated heterocycles. The van der Waals surface area contributed by atoms with Gasteiger partial charge in [-0.25, -0.2) is 0 Å². The number of rotatable bonds is 13. The van der Waals surface area contributed by atoms with Crippen LogP contribution in [0.1, 0.15) is 39.5 Å². The van der Waals surface area contributed by atoms with Crippen molar-refractivity contribution in [2.45, 2.75) is 39.5 Å². The molecule has 0 amide bonds. The van der Waals surface area contributed by atoms with E-state index in [-0.39, 0.29) is 12.4 Å². The molecule has 0 aromatic rings. The molecule has 17 heavy (non-hydrogen) atoms. The summed E-state index contributed by atoms with van der Waals surface area (Å²) in [5.74, 6) is 0.191. The molecule has 0 fully saturated rings. The Hall–Kier alpha value is -0.450. The summed E-state index contributed by atoms with van der Waals surface area (Å²) in [6.45, 7) is 8.13. The minimum atomic E-state index is 0.191. The van der Waals surface area contributed by atoms with E-state index in [4.69, 9.17) is 9.47 Å². The molecule has 4 heteroatoms. The molecule has 0 rings (SSSR count). The van der Waals surface area contributed by atoms with Crippen LogP contribution in [0.2, 0.25) is 0 Å². The molecule has 0 bridgehead atoms. The first kappa shape index (κ1) is 16.6. The summed E-state index contributed by atoms with van der Waals surface area (Å²) >= 11 is 0. The van der Waals surface area contributed by atoms with Gasteiger partial charge in [0.25, 0.3) is 0 Å². The molecular weight excluding hydrogens is 218 g/mol. The highest BCUT2D eigenvalue weighted by Gasteiger charge is 2.00. The zero-order chi connectivity index (χ0) is 12.8. The summed E-state index contributed by atoms with van der Waals surface area (Å²) in [5.41, 5.74) is 0. The zero-order valence-electron chi connectivity index (χ0n) is 11.3. The van der Waals surface area contributed by atoms with Crippen molar-refractivity contribution in [2.24, 2.45) is 0 Å². The Kier molecular flexibility index (Phi) is 13.3. The molecule has 4 nitrogen and oxygen atoms in total. The molecule has 0 heterocycles. The van der Waals surface area contributed by atoms with Gasteiger partial charge < -0.3 is 14.8 Å². The van der Waals surface area contributed by atoms with Crippen molar-refractivity contribution in [1.82, 2.24) is 5.32 Å². The number of Topliss-reactive ketones (excluding diaryl/α,β-unsaturated/α-hetero) is 1. The number of nitrogens with one attached hydrogen (secondary N) is 1. The summed E-state index contributed by atoms with van der Waals surface area (Å²) in [7, 11) is 0. The Balaban J connectivity index is 3.05. The Morgan fingerprint density at radius 1 is 1.00 bits per heavy atom. The Morgan fingerprint density at radius 2 is 1.76 bits per heavy atom. The van der Waals surface area contributed by atoms with Gasteiger partial charge in [-0.3, -0.25) is 4.79 Å². The average Bonchev–Trinajstić information content (AvgIpc) is 2.34.